The molecule has 2 aromatic rings. The first kappa shape index (κ1) is 20.2. The summed E-state index contributed by atoms with van der Waals surface area (Å²) in [4.78, 5) is 12.5. The average molecular weight is 451 g/mol. The number of benzene rings is 2. The Balaban J connectivity index is 1.82. The van der Waals surface area contributed by atoms with Crippen LogP contribution in [0.3, 0.4) is 0 Å². The SMILES string of the molecule is O=[N+]([O-])c1cccc(Cl)c1N1CCN(S(=O)(=O)c2ccc(Cl)c(Cl)c2)CC1. The third kappa shape index (κ3) is 4.00. The summed E-state index contributed by atoms with van der Waals surface area (Å²) in [5, 5.41) is 12.0. The van der Waals surface area contributed by atoms with Crippen molar-refractivity contribution in [3.63, 3.8) is 0 Å². The quantitative estimate of drug-likeness (QED) is 0.518. The lowest BCUT2D eigenvalue weighted by atomic mass is 10.2. The molecule has 1 aliphatic heterocycles. The van der Waals surface area contributed by atoms with E-state index in [-0.39, 0.29) is 51.8 Å². The van der Waals surface area contributed by atoms with Crippen molar-refractivity contribution in [2.24, 2.45) is 0 Å². The minimum absolute atomic E-state index is 0.0501. The summed E-state index contributed by atoms with van der Waals surface area (Å²) in [5.41, 5.74) is 0.194. The van der Waals surface area contributed by atoms with E-state index >= 15 is 0 Å². The molecular weight excluding hydrogens is 437 g/mol. The molecule has 0 spiro atoms. The second-order valence-electron chi connectivity index (χ2n) is 5.83. The molecule has 144 valence electrons. The highest BCUT2D eigenvalue weighted by atomic mass is 35.5. The van der Waals surface area contributed by atoms with E-state index in [0.29, 0.717) is 5.69 Å². The van der Waals surface area contributed by atoms with Crippen LogP contribution in [0.2, 0.25) is 15.1 Å². The first-order valence-electron chi connectivity index (χ1n) is 7.85. The molecular formula is C16H14Cl3N3O4S. The van der Waals surface area contributed by atoms with E-state index in [1.54, 1.807) is 11.0 Å². The normalized spacial score (nSPS) is 15.7. The van der Waals surface area contributed by atoms with Gasteiger partial charge in [-0.2, -0.15) is 4.31 Å². The Morgan fingerprint density at radius 1 is 0.926 bits per heavy atom. The topological polar surface area (TPSA) is 83.8 Å². The summed E-state index contributed by atoms with van der Waals surface area (Å²) in [6.07, 6.45) is 0. The number of sulfonamides is 1. The molecule has 0 bridgehead atoms. The van der Waals surface area contributed by atoms with Crippen molar-refractivity contribution in [3.05, 3.63) is 61.6 Å². The number of nitro groups is 1. The molecule has 0 N–H and O–H groups in total. The standard InChI is InChI=1S/C16H14Cl3N3O4S/c17-12-5-4-11(10-14(12)19)27(25,26)21-8-6-20(7-9-21)16-13(18)2-1-3-15(16)22(23)24/h1-5,10H,6-9H2. The highest BCUT2D eigenvalue weighted by Gasteiger charge is 2.32. The van der Waals surface area contributed by atoms with E-state index in [4.69, 9.17) is 34.8 Å². The van der Waals surface area contributed by atoms with Gasteiger partial charge in [0.25, 0.3) is 5.69 Å². The van der Waals surface area contributed by atoms with Crippen molar-refractivity contribution in [2.75, 3.05) is 31.1 Å². The second-order valence-corrected chi connectivity index (χ2v) is 8.99. The highest BCUT2D eigenvalue weighted by Crippen LogP contribution is 2.36. The highest BCUT2D eigenvalue weighted by molar-refractivity contribution is 7.89. The number of anilines is 1. The predicted octanol–water partition coefficient (Wildman–Crippen LogP) is 4.07. The van der Waals surface area contributed by atoms with Gasteiger partial charge in [0.2, 0.25) is 10.0 Å². The molecule has 11 heteroatoms. The average Bonchev–Trinajstić information content (AvgIpc) is 2.63. The Labute approximate surface area is 171 Å². The number of para-hydroxylation sites is 1. The van der Waals surface area contributed by atoms with Crippen LogP contribution in [0.1, 0.15) is 0 Å². The number of halogens is 3. The fourth-order valence-corrected chi connectivity index (χ4v) is 5.00. The summed E-state index contributed by atoms with van der Waals surface area (Å²) in [6, 6.07) is 8.59. The van der Waals surface area contributed by atoms with Gasteiger partial charge in [-0.15, -0.1) is 0 Å². The molecule has 27 heavy (non-hydrogen) atoms. The second kappa shape index (κ2) is 7.81. The molecule has 0 aliphatic carbocycles. The lowest BCUT2D eigenvalue weighted by Gasteiger charge is -2.35. The molecule has 0 amide bonds. The van der Waals surface area contributed by atoms with Gasteiger partial charge in [0, 0.05) is 32.2 Å². The van der Waals surface area contributed by atoms with E-state index in [1.807, 2.05) is 0 Å². The number of nitro benzene ring substituents is 1. The fraction of sp³-hybridized carbons (Fsp3) is 0.250. The van der Waals surface area contributed by atoms with E-state index < -0.39 is 14.9 Å². The van der Waals surface area contributed by atoms with Crippen molar-refractivity contribution in [1.29, 1.82) is 0 Å². The number of piperazine rings is 1. The lowest BCUT2D eigenvalue weighted by molar-refractivity contribution is -0.384. The zero-order valence-corrected chi connectivity index (χ0v) is 16.9. The molecule has 0 unspecified atom stereocenters. The first-order chi connectivity index (χ1) is 12.7. The summed E-state index contributed by atoms with van der Waals surface area (Å²) in [7, 11) is -3.75. The number of hydrogen-bond donors (Lipinski definition) is 0. The molecule has 7 nitrogen and oxygen atoms in total. The molecule has 1 saturated heterocycles. The number of rotatable bonds is 4. The van der Waals surface area contributed by atoms with E-state index in [1.165, 1.54) is 34.6 Å². The van der Waals surface area contributed by atoms with Crippen LogP contribution in [-0.4, -0.2) is 43.8 Å². The van der Waals surface area contributed by atoms with Crippen LogP contribution in [-0.2, 0) is 10.0 Å². The molecule has 3 rings (SSSR count). The van der Waals surface area contributed by atoms with Crippen molar-refractivity contribution < 1.29 is 13.3 Å². The van der Waals surface area contributed by atoms with Crippen LogP contribution in [0.5, 0.6) is 0 Å². The van der Waals surface area contributed by atoms with Gasteiger partial charge in [-0.3, -0.25) is 10.1 Å². The van der Waals surface area contributed by atoms with Crippen molar-refractivity contribution in [1.82, 2.24) is 4.31 Å². The molecule has 0 aromatic heterocycles. The summed E-state index contributed by atoms with van der Waals surface area (Å²) >= 11 is 17.9. The van der Waals surface area contributed by atoms with Crippen LogP contribution < -0.4 is 4.90 Å². The molecule has 1 fully saturated rings. The minimum atomic E-state index is -3.75. The van der Waals surface area contributed by atoms with Crippen LogP contribution in [0.4, 0.5) is 11.4 Å². The van der Waals surface area contributed by atoms with Crippen LogP contribution >= 0.6 is 34.8 Å². The van der Waals surface area contributed by atoms with Gasteiger partial charge in [0.05, 0.1) is 24.9 Å². The maximum Gasteiger partial charge on any atom is 0.294 e. The monoisotopic (exact) mass is 449 g/mol. The van der Waals surface area contributed by atoms with Crippen LogP contribution in [0.15, 0.2) is 41.3 Å². The third-order valence-corrected chi connectivity index (χ3v) is 7.18. The van der Waals surface area contributed by atoms with Crippen molar-refractivity contribution >= 4 is 56.2 Å². The van der Waals surface area contributed by atoms with E-state index in [2.05, 4.69) is 0 Å². The largest absolute Gasteiger partial charge is 0.362 e. The molecule has 1 heterocycles. The lowest BCUT2D eigenvalue weighted by Crippen LogP contribution is -2.48. The van der Waals surface area contributed by atoms with Gasteiger partial charge in [0.15, 0.2) is 0 Å². The van der Waals surface area contributed by atoms with Crippen molar-refractivity contribution in [3.8, 4) is 0 Å². The zero-order chi connectivity index (χ0) is 19.8. The molecule has 2 aromatic carbocycles. The summed E-state index contributed by atoms with van der Waals surface area (Å²) < 4.78 is 26.9. The fourth-order valence-electron chi connectivity index (χ4n) is 2.90. The van der Waals surface area contributed by atoms with Gasteiger partial charge in [-0.05, 0) is 24.3 Å². The smallest absolute Gasteiger partial charge is 0.294 e. The van der Waals surface area contributed by atoms with E-state index in [0.717, 1.165) is 0 Å². The van der Waals surface area contributed by atoms with Crippen LogP contribution in [0, 0.1) is 10.1 Å². The summed E-state index contributed by atoms with van der Waals surface area (Å²) in [5.74, 6) is 0. The molecule has 0 saturated carbocycles. The van der Waals surface area contributed by atoms with Gasteiger partial charge >= 0.3 is 0 Å². The van der Waals surface area contributed by atoms with Crippen molar-refractivity contribution in [2.45, 2.75) is 4.90 Å². The van der Waals surface area contributed by atoms with Gasteiger partial charge < -0.3 is 4.90 Å². The maximum atomic E-state index is 12.8. The van der Waals surface area contributed by atoms with Gasteiger partial charge in [-0.1, -0.05) is 40.9 Å². The van der Waals surface area contributed by atoms with E-state index in [9.17, 15) is 18.5 Å². The van der Waals surface area contributed by atoms with Gasteiger partial charge in [-0.25, -0.2) is 8.42 Å². The zero-order valence-electron chi connectivity index (χ0n) is 13.8. The number of hydrogen-bond acceptors (Lipinski definition) is 5. The molecule has 0 radical (unpaired) electrons. The Kier molecular flexibility index (Phi) is 5.83. The Morgan fingerprint density at radius 2 is 1.59 bits per heavy atom. The molecule has 1 aliphatic rings. The number of nitrogens with zero attached hydrogens (tertiary/aromatic N) is 3. The molecule has 0 atom stereocenters. The minimum Gasteiger partial charge on any atom is -0.362 e. The van der Waals surface area contributed by atoms with Gasteiger partial charge in [0.1, 0.15) is 5.69 Å². The Hall–Kier alpha value is -1.58. The Morgan fingerprint density at radius 3 is 2.19 bits per heavy atom. The predicted molar refractivity (Wildman–Crippen MR) is 106 cm³/mol. The Bertz CT molecular complexity index is 992. The summed E-state index contributed by atoms with van der Waals surface area (Å²) in [6.45, 7) is 0.853. The third-order valence-electron chi connectivity index (χ3n) is 4.25. The first-order valence-corrected chi connectivity index (χ1v) is 10.4. The maximum absolute atomic E-state index is 12.8. The van der Waals surface area contributed by atoms with Crippen LogP contribution in [0.25, 0.3) is 0 Å².